The van der Waals surface area contributed by atoms with Gasteiger partial charge in [-0.3, -0.25) is 4.79 Å². The van der Waals surface area contributed by atoms with Gasteiger partial charge in [0.25, 0.3) is 0 Å². The molecule has 2 saturated carbocycles. The summed E-state index contributed by atoms with van der Waals surface area (Å²) >= 11 is 0. The van der Waals surface area contributed by atoms with Crippen molar-refractivity contribution in [2.75, 3.05) is 13.7 Å². The Bertz CT molecular complexity index is 1020. The maximum atomic E-state index is 12.8. The Labute approximate surface area is 189 Å². The zero-order chi connectivity index (χ0) is 23.8. The van der Waals surface area contributed by atoms with E-state index in [4.69, 9.17) is 9.47 Å². The number of nitrogens with zero attached hydrogens (tertiary/aromatic N) is 3. The third-order valence-electron chi connectivity index (χ3n) is 6.87. The van der Waals surface area contributed by atoms with Crippen molar-refractivity contribution in [2.24, 2.45) is 17.3 Å². The van der Waals surface area contributed by atoms with Crippen LogP contribution in [0.2, 0.25) is 0 Å². The molecule has 178 valence electrons. The Balaban J connectivity index is 1.44. The van der Waals surface area contributed by atoms with E-state index in [1.807, 2.05) is 0 Å². The number of carbonyl (C=O) groups is 1. The lowest BCUT2D eigenvalue weighted by Crippen LogP contribution is -2.29. The summed E-state index contributed by atoms with van der Waals surface area (Å²) in [4.78, 5) is 16.2. The molecule has 0 radical (unpaired) electrons. The molecule has 2 aromatic heterocycles. The van der Waals surface area contributed by atoms with Gasteiger partial charge < -0.3 is 14.6 Å². The number of hydrogen-bond acceptors (Lipinski definition) is 6. The number of carboxylic acid groups (broad SMARTS) is 1. The molecule has 4 rings (SSSR count). The topological polar surface area (TPSA) is 94.4 Å². The fraction of sp³-hybridized carbons (Fsp3) is 0.565. The molecule has 7 nitrogen and oxygen atoms in total. The number of aromatic nitrogens is 3. The Morgan fingerprint density at radius 3 is 2.58 bits per heavy atom. The summed E-state index contributed by atoms with van der Waals surface area (Å²) in [6.45, 7) is 1.97. The van der Waals surface area contributed by atoms with Crippen LogP contribution >= 0.6 is 0 Å². The number of alkyl halides is 3. The van der Waals surface area contributed by atoms with Crippen LogP contribution in [0.25, 0.3) is 11.3 Å². The van der Waals surface area contributed by atoms with Crippen molar-refractivity contribution in [1.29, 1.82) is 0 Å². The second-order valence-corrected chi connectivity index (χ2v) is 9.12. The summed E-state index contributed by atoms with van der Waals surface area (Å²) in [6, 6.07) is 5.18. The minimum absolute atomic E-state index is 0.0448. The van der Waals surface area contributed by atoms with Crippen molar-refractivity contribution in [3.8, 4) is 22.9 Å². The molecule has 1 N–H and O–H groups in total. The highest BCUT2D eigenvalue weighted by Gasteiger charge is 2.59. The second-order valence-electron chi connectivity index (χ2n) is 9.12. The summed E-state index contributed by atoms with van der Waals surface area (Å²) in [7, 11) is 1.52. The predicted octanol–water partition coefficient (Wildman–Crippen LogP) is 4.87. The van der Waals surface area contributed by atoms with Crippen LogP contribution in [0, 0.1) is 17.3 Å². The van der Waals surface area contributed by atoms with Gasteiger partial charge in [-0.05, 0) is 57.1 Å². The van der Waals surface area contributed by atoms with Crippen LogP contribution in [0.1, 0.15) is 50.6 Å². The molecule has 33 heavy (non-hydrogen) atoms. The normalized spacial score (nSPS) is 27.1. The van der Waals surface area contributed by atoms with Crippen molar-refractivity contribution in [2.45, 2.75) is 51.1 Å². The number of ether oxygens (including phenoxy) is 2. The molecule has 2 aliphatic rings. The first kappa shape index (κ1) is 23.3. The molecular formula is C23H26F3N3O4. The lowest BCUT2D eigenvalue weighted by atomic mass is 9.82. The first-order valence-electron chi connectivity index (χ1n) is 10.9. The van der Waals surface area contributed by atoms with Gasteiger partial charge in [-0.25, -0.2) is 4.98 Å². The summed E-state index contributed by atoms with van der Waals surface area (Å²) in [5.74, 6) is -1.49. The Kier molecular flexibility index (Phi) is 6.20. The quantitative estimate of drug-likeness (QED) is 0.623. The SMILES string of the molecule is COc1ccc(-c2cnnc(OCC3CCC(C(F)(F)F)CC3)c2)nc1[C@@H]1C[C@@]1(C)C(=O)O. The van der Waals surface area contributed by atoms with Gasteiger partial charge in [-0.1, -0.05) is 0 Å². The Hall–Kier alpha value is -2.91. The molecule has 0 saturated heterocycles. The van der Waals surface area contributed by atoms with Gasteiger partial charge in [-0.2, -0.15) is 18.3 Å². The summed E-state index contributed by atoms with van der Waals surface area (Å²) in [5.41, 5.74) is 0.938. The van der Waals surface area contributed by atoms with E-state index in [1.165, 1.54) is 13.3 Å². The number of methoxy groups -OCH3 is 1. The van der Waals surface area contributed by atoms with Gasteiger partial charge in [0.2, 0.25) is 5.88 Å². The van der Waals surface area contributed by atoms with Crippen LogP contribution in [-0.2, 0) is 4.79 Å². The molecule has 0 spiro atoms. The van der Waals surface area contributed by atoms with Crippen molar-refractivity contribution in [3.63, 3.8) is 0 Å². The van der Waals surface area contributed by atoms with Crippen molar-refractivity contribution in [1.82, 2.24) is 15.2 Å². The molecule has 0 amide bonds. The zero-order valence-corrected chi connectivity index (χ0v) is 18.4. The van der Waals surface area contributed by atoms with Gasteiger partial charge in [0.05, 0.1) is 42.6 Å². The van der Waals surface area contributed by atoms with E-state index in [9.17, 15) is 23.1 Å². The van der Waals surface area contributed by atoms with Gasteiger partial charge in [0, 0.05) is 17.5 Å². The maximum Gasteiger partial charge on any atom is 0.391 e. The molecule has 0 aromatic carbocycles. The fourth-order valence-corrected chi connectivity index (χ4v) is 4.46. The molecule has 0 bridgehead atoms. The molecule has 2 aromatic rings. The molecule has 2 aliphatic carbocycles. The van der Waals surface area contributed by atoms with E-state index in [-0.39, 0.29) is 37.2 Å². The van der Waals surface area contributed by atoms with E-state index >= 15 is 0 Å². The average molecular weight is 465 g/mol. The molecule has 10 heteroatoms. The number of rotatable bonds is 7. The third kappa shape index (κ3) is 4.89. The predicted molar refractivity (Wildman–Crippen MR) is 112 cm³/mol. The number of hydrogen-bond donors (Lipinski definition) is 1. The van der Waals surface area contributed by atoms with Gasteiger partial charge in [-0.15, -0.1) is 5.10 Å². The standard InChI is InChI=1S/C23H26F3N3O4/c1-22(21(30)31)10-16(22)20-18(32-2)8-7-17(28-20)14-9-19(29-27-11-14)33-12-13-3-5-15(6-4-13)23(24,25)26/h7-9,11,13,15-16H,3-6,10,12H2,1-2H3,(H,30,31)/t13?,15?,16-,22+/m0/s1. The Morgan fingerprint density at radius 1 is 1.24 bits per heavy atom. The van der Waals surface area contributed by atoms with Crippen LogP contribution in [0.5, 0.6) is 11.6 Å². The highest BCUT2D eigenvalue weighted by Crippen LogP contribution is 2.60. The first-order valence-corrected chi connectivity index (χ1v) is 10.9. The number of halogens is 3. The van der Waals surface area contributed by atoms with E-state index in [1.54, 1.807) is 25.1 Å². The second kappa shape index (κ2) is 8.79. The van der Waals surface area contributed by atoms with E-state index in [0.29, 0.717) is 42.0 Å². The van der Waals surface area contributed by atoms with E-state index in [0.717, 1.165) is 0 Å². The minimum Gasteiger partial charge on any atom is -0.495 e. The average Bonchev–Trinajstić information content (AvgIpc) is 3.50. The number of carboxylic acids is 1. The van der Waals surface area contributed by atoms with Crippen LogP contribution in [0.3, 0.4) is 0 Å². The molecule has 2 heterocycles. The summed E-state index contributed by atoms with van der Waals surface area (Å²) in [5, 5.41) is 17.4. The lowest BCUT2D eigenvalue weighted by molar-refractivity contribution is -0.184. The molecule has 0 aliphatic heterocycles. The summed E-state index contributed by atoms with van der Waals surface area (Å²) < 4.78 is 49.7. The Morgan fingerprint density at radius 2 is 1.97 bits per heavy atom. The summed E-state index contributed by atoms with van der Waals surface area (Å²) in [6.07, 6.45) is -0.943. The number of aliphatic carboxylic acids is 1. The van der Waals surface area contributed by atoms with Crippen LogP contribution in [0.15, 0.2) is 24.4 Å². The molecule has 2 atom stereocenters. The van der Waals surface area contributed by atoms with Gasteiger partial charge in [0.1, 0.15) is 5.75 Å². The lowest BCUT2D eigenvalue weighted by Gasteiger charge is -2.29. The van der Waals surface area contributed by atoms with E-state index < -0.39 is 23.5 Å². The zero-order valence-electron chi connectivity index (χ0n) is 18.4. The third-order valence-corrected chi connectivity index (χ3v) is 6.87. The van der Waals surface area contributed by atoms with Gasteiger partial charge >= 0.3 is 12.1 Å². The number of pyridine rings is 1. The fourth-order valence-electron chi connectivity index (χ4n) is 4.46. The monoisotopic (exact) mass is 465 g/mol. The first-order chi connectivity index (χ1) is 15.6. The highest BCUT2D eigenvalue weighted by molar-refractivity contribution is 5.80. The molecular weight excluding hydrogens is 439 g/mol. The van der Waals surface area contributed by atoms with Crippen molar-refractivity contribution < 1.29 is 32.5 Å². The smallest absolute Gasteiger partial charge is 0.391 e. The molecule has 2 fully saturated rings. The van der Waals surface area contributed by atoms with Crippen LogP contribution in [-0.4, -0.2) is 46.2 Å². The van der Waals surface area contributed by atoms with Gasteiger partial charge in [0.15, 0.2) is 0 Å². The van der Waals surface area contributed by atoms with Crippen LogP contribution < -0.4 is 9.47 Å². The maximum absolute atomic E-state index is 12.8. The molecule has 0 unspecified atom stereocenters. The highest BCUT2D eigenvalue weighted by atomic mass is 19.4. The largest absolute Gasteiger partial charge is 0.495 e. The van der Waals surface area contributed by atoms with Crippen LogP contribution in [0.4, 0.5) is 13.2 Å². The minimum atomic E-state index is -4.13. The van der Waals surface area contributed by atoms with Crippen molar-refractivity contribution >= 4 is 5.97 Å². The van der Waals surface area contributed by atoms with E-state index in [2.05, 4.69) is 15.2 Å². The van der Waals surface area contributed by atoms with Crippen molar-refractivity contribution in [3.05, 3.63) is 30.1 Å².